The first-order chi connectivity index (χ1) is 16.7. The van der Waals surface area contributed by atoms with Gasteiger partial charge in [0.25, 0.3) is 0 Å². The van der Waals surface area contributed by atoms with E-state index >= 15 is 0 Å². The van der Waals surface area contributed by atoms with Crippen LogP contribution in [0.1, 0.15) is 36.8 Å². The summed E-state index contributed by atoms with van der Waals surface area (Å²) in [6, 6.07) is 16.1. The quantitative estimate of drug-likeness (QED) is 0.494. The zero-order valence-corrected chi connectivity index (χ0v) is 19.0. The van der Waals surface area contributed by atoms with Crippen LogP contribution in [-0.2, 0) is 37.1 Å². The third-order valence-electron chi connectivity index (χ3n) is 5.72. The van der Waals surface area contributed by atoms with Crippen molar-refractivity contribution in [2.24, 2.45) is 0 Å². The topological polar surface area (TPSA) is 93.7 Å². The third kappa shape index (κ3) is 7.05. The summed E-state index contributed by atoms with van der Waals surface area (Å²) in [7, 11) is 0. The van der Waals surface area contributed by atoms with E-state index in [1.54, 1.807) is 54.6 Å². The molecule has 1 aliphatic rings. The van der Waals surface area contributed by atoms with E-state index in [9.17, 15) is 27.6 Å². The molecule has 0 unspecified atom stereocenters. The Bertz CT molecular complexity index is 993. The molecule has 0 saturated carbocycles. The molecule has 2 N–H and O–H groups in total. The molecule has 0 aliphatic carbocycles. The van der Waals surface area contributed by atoms with Crippen molar-refractivity contribution in [3.8, 4) is 0 Å². The number of rotatable bonds is 10. The van der Waals surface area contributed by atoms with Gasteiger partial charge in [0.2, 0.25) is 5.91 Å². The van der Waals surface area contributed by atoms with Gasteiger partial charge in [-0.2, -0.15) is 13.2 Å². The summed E-state index contributed by atoms with van der Waals surface area (Å²) in [5.41, 5.74) is -1.37. The molecule has 1 aliphatic heterocycles. The highest BCUT2D eigenvalue weighted by atomic mass is 19.4. The van der Waals surface area contributed by atoms with Crippen molar-refractivity contribution in [3.05, 3.63) is 71.8 Å². The summed E-state index contributed by atoms with van der Waals surface area (Å²) in [4.78, 5) is 37.7. The molecule has 0 bridgehead atoms. The number of esters is 2. The molecule has 1 saturated heterocycles. The number of halogens is 3. The maximum Gasteiger partial charge on any atom is 0.415 e. The fourth-order valence-electron chi connectivity index (χ4n) is 3.74. The second-order valence-electron chi connectivity index (χ2n) is 8.24. The molecule has 3 rings (SSSR count). The normalized spacial score (nSPS) is 18.5. The van der Waals surface area contributed by atoms with Crippen LogP contribution in [0.5, 0.6) is 0 Å². The Hall–Kier alpha value is -3.40. The first-order valence-corrected chi connectivity index (χ1v) is 11.2. The minimum atomic E-state index is -4.86. The van der Waals surface area contributed by atoms with Crippen LogP contribution in [0.4, 0.5) is 13.2 Å². The number of ether oxygens (including phenoxy) is 2. The van der Waals surface area contributed by atoms with Gasteiger partial charge in [-0.15, -0.1) is 0 Å². The Kier molecular flexibility index (Phi) is 8.86. The summed E-state index contributed by atoms with van der Waals surface area (Å²) in [5, 5.41) is 4.40. The van der Waals surface area contributed by atoms with E-state index in [0.717, 1.165) is 5.56 Å². The lowest BCUT2D eigenvalue weighted by molar-refractivity contribution is -0.197. The lowest BCUT2D eigenvalue weighted by Gasteiger charge is -2.32. The number of carbonyl (C=O) groups excluding carboxylic acids is 3. The van der Waals surface area contributed by atoms with Gasteiger partial charge in [-0.25, -0.2) is 4.79 Å². The zero-order valence-electron chi connectivity index (χ0n) is 19.0. The van der Waals surface area contributed by atoms with Crippen LogP contribution in [0.15, 0.2) is 60.7 Å². The van der Waals surface area contributed by atoms with E-state index in [1.165, 1.54) is 0 Å². The van der Waals surface area contributed by atoms with Gasteiger partial charge in [0, 0.05) is 6.42 Å². The van der Waals surface area contributed by atoms with Gasteiger partial charge >= 0.3 is 18.1 Å². The lowest BCUT2D eigenvalue weighted by Crippen LogP contribution is -2.64. The van der Waals surface area contributed by atoms with Gasteiger partial charge in [0.05, 0.1) is 0 Å². The summed E-state index contributed by atoms with van der Waals surface area (Å²) < 4.78 is 51.6. The Morgan fingerprint density at radius 2 is 1.51 bits per heavy atom. The first-order valence-electron chi connectivity index (χ1n) is 11.2. The van der Waals surface area contributed by atoms with Crippen molar-refractivity contribution < 1.29 is 37.0 Å². The molecule has 2 atom stereocenters. The monoisotopic (exact) mass is 492 g/mol. The van der Waals surface area contributed by atoms with Gasteiger partial charge in [-0.05, 0) is 36.9 Å². The molecular weight excluding hydrogens is 465 g/mol. The highest BCUT2D eigenvalue weighted by Crippen LogP contribution is 2.37. The van der Waals surface area contributed by atoms with E-state index in [4.69, 9.17) is 9.47 Å². The highest BCUT2D eigenvalue weighted by Gasteiger charge is 2.61. The van der Waals surface area contributed by atoms with E-state index in [-0.39, 0.29) is 39.0 Å². The van der Waals surface area contributed by atoms with E-state index in [1.807, 2.05) is 6.07 Å². The van der Waals surface area contributed by atoms with Gasteiger partial charge in [0.1, 0.15) is 19.3 Å². The average Bonchev–Trinajstić information content (AvgIpc) is 3.37. The SMILES string of the molecule is O=C(CC[C@@H](NC(=O)[C@@]1(C(F)(F)F)CCCN1)C(=O)OCc1ccccc1)OCc1ccccc1. The Labute approximate surface area is 201 Å². The fourth-order valence-corrected chi connectivity index (χ4v) is 3.74. The van der Waals surface area contributed by atoms with Gasteiger partial charge in [-0.3, -0.25) is 14.9 Å². The number of benzene rings is 2. The number of nitrogens with one attached hydrogen (secondary N) is 2. The van der Waals surface area contributed by atoms with Crippen LogP contribution < -0.4 is 10.6 Å². The van der Waals surface area contributed by atoms with Crippen LogP contribution in [0.2, 0.25) is 0 Å². The highest BCUT2D eigenvalue weighted by molar-refractivity contribution is 5.91. The van der Waals surface area contributed by atoms with Crippen molar-refractivity contribution in [1.82, 2.24) is 10.6 Å². The van der Waals surface area contributed by atoms with Crippen LogP contribution in [-0.4, -0.2) is 42.1 Å². The summed E-state index contributed by atoms with van der Waals surface area (Å²) in [5.74, 6) is -2.97. The zero-order chi connectivity index (χ0) is 25.3. The van der Waals surface area contributed by atoms with Crippen molar-refractivity contribution >= 4 is 17.8 Å². The van der Waals surface area contributed by atoms with Gasteiger partial charge in [0.15, 0.2) is 5.54 Å². The van der Waals surface area contributed by atoms with Gasteiger partial charge < -0.3 is 14.8 Å². The van der Waals surface area contributed by atoms with E-state index in [0.29, 0.717) is 5.56 Å². The Balaban J connectivity index is 1.65. The van der Waals surface area contributed by atoms with Crippen LogP contribution in [0.25, 0.3) is 0 Å². The average molecular weight is 492 g/mol. The second kappa shape index (κ2) is 11.8. The molecule has 2 aromatic carbocycles. The van der Waals surface area contributed by atoms with Gasteiger partial charge in [-0.1, -0.05) is 60.7 Å². The summed E-state index contributed by atoms with van der Waals surface area (Å²) in [6.45, 7) is -0.106. The molecule has 0 aromatic heterocycles. The molecular formula is C25H27F3N2O5. The number of hydrogen-bond donors (Lipinski definition) is 2. The summed E-state index contributed by atoms with van der Waals surface area (Å²) in [6.07, 6.45) is -5.73. The smallest absolute Gasteiger partial charge is 0.415 e. The van der Waals surface area contributed by atoms with E-state index in [2.05, 4.69) is 10.6 Å². The van der Waals surface area contributed by atoms with Crippen LogP contribution in [0.3, 0.4) is 0 Å². The Morgan fingerprint density at radius 1 is 0.943 bits per heavy atom. The number of alkyl halides is 3. The molecule has 1 heterocycles. The first kappa shape index (κ1) is 26.2. The standard InChI is InChI=1S/C25H27F3N2O5/c26-25(27,28)24(14-7-15-29-24)23(33)30-20(22(32)35-17-19-10-5-2-6-11-19)12-13-21(31)34-16-18-8-3-1-4-9-18/h1-6,8-11,20,29H,7,12-17H2,(H,30,33)/t20-,24-/m1/s1. The molecule has 10 heteroatoms. The van der Waals surface area contributed by atoms with Crippen molar-refractivity contribution in [2.45, 2.75) is 56.7 Å². The molecule has 1 amide bonds. The molecule has 1 fully saturated rings. The predicted octanol–water partition coefficient (Wildman–Crippen LogP) is 3.42. The molecule has 188 valence electrons. The maximum absolute atomic E-state index is 13.7. The maximum atomic E-state index is 13.7. The molecule has 0 radical (unpaired) electrons. The molecule has 2 aromatic rings. The Morgan fingerprint density at radius 3 is 2.03 bits per heavy atom. The number of hydrogen-bond acceptors (Lipinski definition) is 6. The van der Waals surface area contributed by atoms with Crippen molar-refractivity contribution in [2.75, 3.05) is 6.54 Å². The van der Waals surface area contributed by atoms with Crippen LogP contribution >= 0.6 is 0 Å². The minimum absolute atomic E-state index is 0.0102. The third-order valence-corrected chi connectivity index (χ3v) is 5.72. The summed E-state index contributed by atoms with van der Waals surface area (Å²) >= 11 is 0. The molecule has 0 spiro atoms. The molecule has 7 nitrogen and oxygen atoms in total. The molecule has 35 heavy (non-hydrogen) atoms. The number of amides is 1. The number of carbonyl (C=O) groups is 3. The predicted molar refractivity (Wildman–Crippen MR) is 120 cm³/mol. The minimum Gasteiger partial charge on any atom is -0.461 e. The van der Waals surface area contributed by atoms with Crippen LogP contribution in [0, 0.1) is 0 Å². The van der Waals surface area contributed by atoms with Crippen molar-refractivity contribution in [3.63, 3.8) is 0 Å². The van der Waals surface area contributed by atoms with Crippen molar-refractivity contribution in [1.29, 1.82) is 0 Å². The second-order valence-corrected chi connectivity index (χ2v) is 8.24. The fraction of sp³-hybridized carbons (Fsp3) is 0.400. The lowest BCUT2D eigenvalue weighted by atomic mass is 9.94. The van der Waals surface area contributed by atoms with E-state index < -0.39 is 42.0 Å². The largest absolute Gasteiger partial charge is 0.461 e.